The maximum absolute atomic E-state index is 10.9. The minimum atomic E-state index is -0.206. The minimum Gasteiger partial charge on any atom is -0.306 e. The molecule has 0 fully saturated rings. The van der Waals surface area contributed by atoms with E-state index in [4.69, 9.17) is 11.6 Å². The lowest BCUT2D eigenvalue weighted by atomic mass is 10.4. The van der Waals surface area contributed by atoms with Gasteiger partial charge >= 0.3 is 0 Å². The average molecular weight is 218 g/mol. The Kier molecular flexibility index (Phi) is 2.48. The third-order valence-electron chi connectivity index (χ3n) is 1.72. The van der Waals surface area contributed by atoms with E-state index in [1.807, 2.05) is 0 Å². The highest BCUT2D eigenvalue weighted by atomic mass is 35.5. The molecule has 0 saturated heterocycles. The Labute approximate surface area is 84.3 Å². The first kappa shape index (κ1) is 8.93. The molecule has 1 amide bonds. The van der Waals surface area contributed by atoms with Crippen LogP contribution in [0.15, 0.2) is 0 Å². The molecule has 1 aliphatic rings. The van der Waals surface area contributed by atoms with E-state index < -0.39 is 0 Å². The number of nitrogens with zero attached hydrogens (tertiary/aromatic N) is 1. The fraction of sp³-hybridized carbons (Fsp3) is 0.429. The number of anilines is 1. The van der Waals surface area contributed by atoms with Gasteiger partial charge in [-0.05, 0) is 0 Å². The number of carbonyl (C=O) groups is 1. The molecule has 0 spiro atoms. The third kappa shape index (κ3) is 1.82. The van der Waals surface area contributed by atoms with Crippen molar-refractivity contribution in [1.29, 1.82) is 0 Å². The number of nitrogens with one attached hydrogen (secondary N) is 2. The van der Waals surface area contributed by atoms with Crippen molar-refractivity contribution in [2.45, 2.75) is 13.1 Å². The molecule has 0 aromatic carbocycles. The van der Waals surface area contributed by atoms with E-state index in [1.54, 1.807) is 0 Å². The smallest absolute Gasteiger partial charge is 0.241 e. The predicted octanol–water partition coefficient (Wildman–Crippen LogP) is 0.924. The number of rotatable bonds is 2. The molecule has 1 aliphatic heterocycles. The minimum absolute atomic E-state index is 0.0253. The largest absolute Gasteiger partial charge is 0.306 e. The Bertz CT molecular complexity index is 317. The van der Waals surface area contributed by atoms with E-state index in [9.17, 15) is 4.79 Å². The lowest BCUT2D eigenvalue weighted by Crippen LogP contribution is -2.12. The first-order valence-electron chi connectivity index (χ1n) is 3.84. The average Bonchev–Trinajstić information content (AvgIpc) is 2.63. The number of thiazole rings is 1. The fourth-order valence-corrected chi connectivity index (χ4v) is 2.19. The fourth-order valence-electron chi connectivity index (χ4n) is 1.16. The van der Waals surface area contributed by atoms with Crippen LogP contribution < -0.4 is 10.6 Å². The zero-order valence-electron chi connectivity index (χ0n) is 6.76. The van der Waals surface area contributed by atoms with Gasteiger partial charge in [-0.3, -0.25) is 4.79 Å². The van der Waals surface area contributed by atoms with Crippen LogP contribution in [0.4, 0.5) is 5.13 Å². The first-order chi connectivity index (χ1) is 6.29. The third-order valence-corrected chi connectivity index (χ3v) is 2.98. The van der Waals surface area contributed by atoms with Gasteiger partial charge in [0, 0.05) is 18.0 Å². The number of halogens is 1. The summed E-state index contributed by atoms with van der Waals surface area (Å²) in [6.07, 6.45) is 0. The predicted molar refractivity (Wildman–Crippen MR) is 52.0 cm³/mol. The van der Waals surface area contributed by atoms with Crippen molar-refractivity contribution >= 4 is 34.0 Å². The number of hydrogen-bond acceptors (Lipinski definition) is 4. The lowest BCUT2D eigenvalue weighted by molar-refractivity contribution is -0.113. The second kappa shape index (κ2) is 3.61. The molecule has 0 saturated carbocycles. The van der Waals surface area contributed by atoms with Crippen molar-refractivity contribution in [3.05, 3.63) is 10.6 Å². The highest BCUT2D eigenvalue weighted by molar-refractivity contribution is 7.15. The summed E-state index contributed by atoms with van der Waals surface area (Å²) in [4.78, 5) is 16.4. The van der Waals surface area contributed by atoms with Crippen molar-refractivity contribution in [3.8, 4) is 0 Å². The number of hydrogen-bond donors (Lipinski definition) is 2. The summed E-state index contributed by atoms with van der Waals surface area (Å²) in [5, 5.41) is 6.45. The quantitative estimate of drug-likeness (QED) is 0.725. The Hall–Kier alpha value is -0.650. The first-order valence-corrected chi connectivity index (χ1v) is 5.20. The van der Waals surface area contributed by atoms with Crippen LogP contribution in [0.25, 0.3) is 0 Å². The maximum atomic E-state index is 10.9. The summed E-state index contributed by atoms with van der Waals surface area (Å²) in [6, 6.07) is 0. The Morgan fingerprint density at radius 2 is 2.54 bits per heavy atom. The van der Waals surface area contributed by atoms with E-state index in [1.165, 1.54) is 16.2 Å². The van der Waals surface area contributed by atoms with Gasteiger partial charge in [0.2, 0.25) is 5.91 Å². The maximum Gasteiger partial charge on any atom is 0.241 e. The standard InChI is InChI=1S/C7H8ClN3OS/c8-1-6(12)11-7-10-4-2-9-3-5(4)13-7/h9H,1-3H2,(H,10,11,12). The second-order valence-electron chi connectivity index (χ2n) is 2.67. The number of carbonyl (C=O) groups excluding carboxylic acids is 1. The van der Waals surface area contributed by atoms with Gasteiger partial charge in [-0.25, -0.2) is 4.98 Å². The summed E-state index contributed by atoms with van der Waals surface area (Å²) in [6.45, 7) is 1.65. The molecule has 2 heterocycles. The van der Waals surface area contributed by atoms with E-state index in [2.05, 4.69) is 15.6 Å². The molecule has 4 nitrogen and oxygen atoms in total. The Morgan fingerprint density at radius 1 is 1.69 bits per heavy atom. The molecule has 1 aromatic rings. The van der Waals surface area contributed by atoms with Gasteiger partial charge in [-0.15, -0.1) is 22.9 Å². The Morgan fingerprint density at radius 3 is 3.23 bits per heavy atom. The van der Waals surface area contributed by atoms with Gasteiger partial charge in [-0.1, -0.05) is 0 Å². The summed E-state index contributed by atoms with van der Waals surface area (Å²) < 4.78 is 0. The molecule has 0 unspecified atom stereocenters. The van der Waals surface area contributed by atoms with Crippen LogP contribution in [0.3, 0.4) is 0 Å². The van der Waals surface area contributed by atoms with Crippen molar-refractivity contribution in [2.24, 2.45) is 0 Å². The van der Waals surface area contributed by atoms with Gasteiger partial charge < -0.3 is 10.6 Å². The molecule has 0 aliphatic carbocycles. The number of amides is 1. The van der Waals surface area contributed by atoms with Gasteiger partial charge in [0.25, 0.3) is 0 Å². The molecule has 2 rings (SSSR count). The number of fused-ring (bicyclic) bond motifs is 1. The summed E-state index contributed by atoms with van der Waals surface area (Å²) in [5.41, 5.74) is 1.04. The van der Waals surface area contributed by atoms with Crippen LogP contribution in [0.5, 0.6) is 0 Å². The SMILES string of the molecule is O=C(CCl)Nc1nc2c(s1)CNC2. The molecule has 70 valence electrons. The monoisotopic (exact) mass is 217 g/mol. The highest BCUT2D eigenvalue weighted by Crippen LogP contribution is 2.26. The zero-order valence-corrected chi connectivity index (χ0v) is 8.34. The van der Waals surface area contributed by atoms with Gasteiger partial charge in [0.05, 0.1) is 5.69 Å². The normalized spacial score (nSPS) is 14.2. The summed E-state index contributed by atoms with van der Waals surface area (Å²) in [7, 11) is 0. The second-order valence-corrected chi connectivity index (χ2v) is 4.03. The van der Waals surface area contributed by atoms with Crippen LogP contribution >= 0.6 is 22.9 Å². The van der Waals surface area contributed by atoms with Crippen molar-refractivity contribution in [1.82, 2.24) is 10.3 Å². The van der Waals surface area contributed by atoms with E-state index >= 15 is 0 Å². The molecular formula is C7H8ClN3OS. The van der Waals surface area contributed by atoms with Crippen molar-refractivity contribution in [2.75, 3.05) is 11.2 Å². The molecule has 1 aromatic heterocycles. The molecule has 2 N–H and O–H groups in total. The number of aromatic nitrogens is 1. The topological polar surface area (TPSA) is 54.0 Å². The number of alkyl halides is 1. The van der Waals surface area contributed by atoms with Crippen LogP contribution in [-0.2, 0) is 17.9 Å². The Balaban J connectivity index is 2.10. The van der Waals surface area contributed by atoms with E-state index in [-0.39, 0.29) is 11.8 Å². The zero-order chi connectivity index (χ0) is 9.26. The van der Waals surface area contributed by atoms with Gasteiger partial charge in [0.15, 0.2) is 5.13 Å². The molecular weight excluding hydrogens is 210 g/mol. The molecule has 6 heteroatoms. The van der Waals surface area contributed by atoms with Crippen molar-refractivity contribution < 1.29 is 4.79 Å². The van der Waals surface area contributed by atoms with Crippen LogP contribution in [0.1, 0.15) is 10.6 Å². The van der Waals surface area contributed by atoms with Crippen LogP contribution in [-0.4, -0.2) is 16.8 Å². The lowest BCUT2D eigenvalue weighted by Gasteiger charge is -1.96. The van der Waals surface area contributed by atoms with Gasteiger partial charge in [0.1, 0.15) is 5.88 Å². The van der Waals surface area contributed by atoms with E-state index in [0.29, 0.717) is 5.13 Å². The molecule has 13 heavy (non-hydrogen) atoms. The summed E-state index contributed by atoms with van der Waals surface area (Å²) >= 11 is 6.85. The molecule has 0 bridgehead atoms. The van der Waals surface area contributed by atoms with Crippen molar-refractivity contribution in [3.63, 3.8) is 0 Å². The highest BCUT2D eigenvalue weighted by Gasteiger charge is 2.16. The van der Waals surface area contributed by atoms with E-state index in [0.717, 1.165) is 18.8 Å². The summed E-state index contributed by atoms with van der Waals surface area (Å²) in [5.74, 6) is -0.232. The van der Waals surface area contributed by atoms with Gasteiger partial charge in [-0.2, -0.15) is 0 Å². The molecule has 0 atom stereocenters. The van der Waals surface area contributed by atoms with Crippen LogP contribution in [0, 0.1) is 0 Å². The van der Waals surface area contributed by atoms with Crippen LogP contribution in [0.2, 0.25) is 0 Å². The molecule has 0 radical (unpaired) electrons.